The molecule has 0 aliphatic heterocycles. The number of hydrogen-bond acceptors (Lipinski definition) is 3. The molecule has 5 heteroatoms. The minimum atomic E-state index is -0.296. The zero-order valence-corrected chi connectivity index (χ0v) is 12.2. The molecule has 0 fully saturated rings. The van der Waals surface area contributed by atoms with Gasteiger partial charge in [0.1, 0.15) is 5.75 Å². The second kappa shape index (κ2) is 6.59. The van der Waals surface area contributed by atoms with Crippen LogP contribution in [0.25, 0.3) is 0 Å². The van der Waals surface area contributed by atoms with Gasteiger partial charge in [-0.05, 0) is 48.0 Å². The largest absolute Gasteiger partial charge is 0.506 e. The molecule has 1 unspecified atom stereocenters. The molecule has 0 saturated carbocycles. The van der Waals surface area contributed by atoms with E-state index in [4.69, 9.17) is 5.11 Å². The summed E-state index contributed by atoms with van der Waals surface area (Å²) in [6.07, 6.45) is 0.408. The van der Waals surface area contributed by atoms with Crippen LogP contribution >= 0.6 is 31.9 Å². The molecule has 0 aromatic heterocycles. The summed E-state index contributed by atoms with van der Waals surface area (Å²) in [5.41, 5.74) is 0.826. The molecule has 0 aliphatic carbocycles. The van der Waals surface area contributed by atoms with Crippen molar-refractivity contribution in [3.8, 4) is 5.75 Å². The predicted octanol–water partition coefficient (Wildman–Crippen LogP) is 2.78. The molecule has 0 saturated heterocycles. The molecule has 0 bridgehead atoms. The van der Waals surface area contributed by atoms with Gasteiger partial charge in [0.25, 0.3) is 0 Å². The minimum absolute atomic E-state index is 0.257. The number of aromatic hydroxyl groups is 1. The number of aliphatic hydroxyl groups excluding tert-OH is 1. The normalized spacial score (nSPS) is 12.8. The smallest absolute Gasteiger partial charge is 0.134 e. The molecule has 90 valence electrons. The predicted molar refractivity (Wildman–Crippen MR) is 71.5 cm³/mol. The van der Waals surface area contributed by atoms with Crippen molar-refractivity contribution >= 4 is 31.9 Å². The number of nitrogens with one attached hydrogen (secondary N) is 1. The topological polar surface area (TPSA) is 52.5 Å². The quantitative estimate of drug-likeness (QED) is 0.714. The third kappa shape index (κ3) is 4.41. The van der Waals surface area contributed by atoms with Gasteiger partial charge in [-0.3, -0.25) is 0 Å². The number of hydrogen-bond donors (Lipinski definition) is 3. The van der Waals surface area contributed by atoms with Gasteiger partial charge in [-0.2, -0.15) is 0 Å². The molecule has 1 aromatic rings. The Morgan fingerprint density at radius 1 is 1.38 bits per heavy atom. The second-order valence-corrected chi connectivity index (χ2v) is 5.48. The van der Waals surface area contributed by atoms with E-state index in [-0.39, 0.29) is 11.9 Å². The van der Waals surface area contributed by atoms with E-state index >= 15 is 0 Å². The molecule has 0 spiro atoms. The average Bonchev–Trinajstić information content (AvgIpc) is 2.19. The fraction of sp³-hybridized carbons (Fsp3) is 0.455. The maximum atomic E-state index is 9.77. The molecule has 1 rings (SSSR count). The Kier molecular flexibility index (Phi) is 5.75. The van der Waals surface area contributed by atoms with Crippen molar-refractivity contribution in [2.45, 2.75) is 26.0 Å². The molecular formula is C11H15Br2NO2. The van der Waals surface area contributed by atoms with Crippen LogP contribution in [0.1, 0.15) is 18.9 Å². The second-order valence-electron chi connectivity index (χ2n) is 3.71. The highest BCUT2D eigenvalue weighted by atomic mass is 79.9. The van der Waals surface area contributed by atoms with Gasteiger partial charge < -0.3 is 15.5 Å². The highest BCUT2D eigenvalue weighted by Gasteiger charge is 2.06. The van der Waals surface area contributed by atoms with Crippen molar-refractivity contribution < 1.29 is 10.2 Å². The standard InChI is InChI=1S/C11H15Br2NO2/c1-7(15)2-3-14-6-8-4-9(12)5-10(13)11(8)16/h4-5,7,14-16H,2-3,6H2,1H3. The first kappa shape index (κ1) is 14.0. The summed E-state index contributed by atoms with van der Waals surface area (Å²) in [6.45, 7) is 3.06. The summed E-state index contributed by atoms with van der Waals surface area (Å²) in [5, 5.41) is 22.0. The lowest BCUT2D eigenvalue weighted by Crippen LogP contribution is -2.18. The lowest BCUT2D eigenvalue weighted by Gasteiger charge is -2.09. The minimum Gasteiger partial charge on any atom is -0.506 e. The third-order valence-corrected chi connectivity index (χ3v) is 3.22. The molecule has 0 amide bonds. The summed E-state index contributed by atoms with van der Waals surface area (Å²) in [5.74, 6) is 0.257. The van der Waals surface area contributed by atoms with E-state index in [9.17, 15) is 5.11 Å². The lowest BCUT2D eigenvalue weighted by molar-refractivity contribution is 0.183. The first-order valence-electron chi connectivity index (χ1n) is 5.06. The van der Waals surface area contributed by atoms with Crippen molar-refractivity contribution in [3.05, 3.63) is 26.6 Å². The monoisotopic (exact) mass is 351 g/mol. The molecule has 0 radical (unpaired) electrons. The summed E-state index contributed by atoms with van der Waals surface area (Å²) in [6, 6.07) is 3.67. The van der Waals surface area contributed by atoms with Crippen LogP contribution in [-0.4, -0.2) is 22.9 Å². The Bertz CT molecular complexity index is 356. The average molecular weight is 353 g/mol. The van der Waals surface area contributed by atoms with Gasteiger partial charge in [-0.25, -0.2) is 0 Å². The molecule has 1 aromatic carbocycles. The van der Waals surface area contributed by atoms with E-state index in [0.29, 0.717) is 17.4 Å². The van der Waals surface area contributed by atoms with Crippen LogP contribution in [0.5, 0.6) is 5.75 Å². The lowest BCUT2D eigenvalue weighted by atomic mass is 10.2. The van der Waals surface area contributed by atoms with Gasteiger partial charge in [-0.1, -0.05) is 15.9 Å². The highest BCUT2D eigenvalue weighted by molar-refractivity contribution is 9.11. The van der Waals surface area contributed by atoms with Crippen molar-refractivity contribution in [1.82, 2.24) is 5.32 Å². The van der Waals surface area contributed by atoms with E-state index in [1.165, 1.54) is 0 Å². The molecule has 3 nitrogen and oxygen atoms in total. The Balaban J connectivity index is 2.53. The Hall–Kier alpha value is -0.100. The van der Waals surface area contributed by atoms with Gasteiger partial charge in [0, 0.05) is 16.6 Å². The van der Waals surface area contributed by atoms with Crippen LogP contribution in [0, 0.1) is 0 Å². The highest BCUT2D eigenvalue weighted by Crippen LogP contribution is 2.31. The summed E-state index contributed by atoms with van der Waals surface area (Å²) >= 11 is 6.65. The number of rotatable bonds is 5. The van der Waals surface area contributed by atoms with Crippen molar-refractivity contribution in [2.24, 2.45) is 0 Å². The fourth-order valence-corrected chi connectivity index (χ4v) is 2.60. The van der Waals surface area contributed by atoms with Gasteiger partial charge in [0.05, 0.1) is 10.6 Å². The van der Waals surface area contributed by atoms with E-state index in [1.807, 2.05) is 6.07 Å². The van der Waals surface area contributed by atoms with Crippen LogP contribution in [0.3, 0.4) is 0 Å². The van der Waals surface area contributed by atoms with Gasteiger partial charge in [0.2, 0.25) is 0 Å². The van der Waals surface area contributed by atoms with Gasteiger partial charge in [0.15, 0.2) is 0 Å². The van der Waals surface area contributed by atoms with Crippen LogP contribution < -0.4 is 5.32 Å². The first-order chi connectivity index (χ1) is 7.50. The number of phenolic OH excluding ortho intramolecular Hbond substituents is 1. The van der Waals surface area contributed by atoms with Crippen LogP contribution in [-0.2, 0) is 6.54 Å². The maximum Gasteiger partial charge on any atom is 0.134 e. The van der Waals surface area contributed by atoms with Crippen molar-refractivity contribution in [1.29, 1.82) is 0 Å². The van der Waals surface area contributed by atoms with Gasteiger partial charge in [-0.15, -0.1) is 0 Å². The van der Waals surface area contributed by atoms with E-state index in [0.717, 1.165) is 16.6 Å². The maximum absolute atomic E-state index is 9.77. The van der Waals surface area contributed by atoms with Crippen LogP contribution in [0.15, 0.2) is 21.1 Å². The van der Waals surface area contributed by atoms with E-state index < -0.39 is 0 Å². The molecule has 3 N–H and O–H groups in total. The first-order valence-corrected chi connectivity index (χ1v) is 6.65. The summed E-state index contributed by atoms with van der Waals surface area (Å²) in [4.78, 5) is 0. The molecule has 1 atom stereocenters. The molecule has 0 heterocycles. The molecule has 16 heavy (non-hydrogen) atoms. The number of aliphatic hydroxyl groups is 1. The Labute approximate surface area is 112 Å². The zero-order valence-electron chi connectivity index (χ0n) is 9.00. The molecule has 0 aliphatic rings. The Morgan fingerprint density at radius 3 is 2.69 bits per heavy atom. The van der Waals surface area contributed by atoms with E-state index in [1.54, 1.807) is 13.0 Å². The van der Waals surface area contributed by atoms with Crippen molar-refractivity contribution in [2.75, 3.05) is 6.54 Å². The number of phenols is 1. The third-order valence-electron chi connectivity index (χ3n) is 2.16. The number of benzene rings is 1. The number of halogens is 2. The summed E-state index contributed by atoms with van der Waals surface area (Å²) < 4.78 is 1.60. The zero-order chi connectivity index (χ0) is 12.1. The fourth-order valence-electron chi connectivity index (χ4n) is 1.29. The van der Waals surface area contributed by atoms with Crippen LogP contribution in [0.2, 0.25) is 0 Å². The van der Waals surface area contributed by atoms with E-state index in [2.05, 4.69) is 37.2 Å². The Morgan fingerprint density at radius 2 is 2.06 bits per heavy atom. The van der Waals surface area contributed by atoms with Crippen molar-refractivity contribution in [3.63, 3.8) is 0 Å². The summed E-state index contributed by atoms with van der Waals surface area (Å²) in [7, 11) is 0. The van der Waals surface area contributed by atoms with Gasteiger partial charge >= 0.3 is 0 Å². The van der Waals surface area contributed by atoms with Crippen LogP contribution in [0.4, 0.5) is 0 Å². The SMILES string of the molecule is CC(O)CCNCc1cc(Br)cc(Br)c1O. The molecular weight excluding hydrogens is 338 g/mol.